The van der Waals surface area contributed by atoms with Crippen molar-refractivity contribution in [2.75, 3.05) is 20.2 Å². The molecular formula is C25H31NO5. The molecule has 0 radical (unpaired) electrons. The van der Waals surface area contributed by atoms with Crippen molar-refractivity contribution in [2.45, 2.75) is 45.6 Å². The number of rotatable bonds is 8. The van der Waals surface area contributed by atoms with Crippen LogP contribution in [0.15, 0.2) is 48.5 Å². The highest BCUT2D eigenvalue weighted by atomic mass is 16.5. The molecule has 0 aliphatic carbocycles. The zero-order chi connectivity index (χ0) is 22.6. The van der Waals surface area contributed by atoms with Crippen LogP contribution in [0.2, 0.25) is 0 Å². The van der Waals surface area contributed by atoms with E-state index in [1.54, 1.807) is 7.11 Å². The lowest BCUT2D eigenvalue weighted by atomic mass is 9.73. The van der Waals surface area contributed by atoms with E-state index in [2.05, 4.69) is 12.1 Å². The number of carbonyl (C=O) groups is 2. The Morgan fingerprint density at radius 1 is 1.19 bits per heavy atom. The smallest absolute Gasteiger partial charge is 0.407 e. The Bertz CT molecular complexity index is 929. The standard InChI is InChI=1S/C25H31NO5/c1-17(10-11-19-8-6-5-7-9-19)31-23-14-20(12-13-22(23)30-4)21-15-26(24(28)29)16-25(21,3)18(2)27/h5-9,12-14,17,21H,10-11,15-16H2,1-4H3,(H,28,29). The number of carboxylic acid groups (broad SMARTS) is 1. The van der Waals surface area contributed by atoms with Crippen molar-refractivity contribution in [1.82, 2.24) is 4.90 Å². The molecule has 2 aromatic rings. The minimum absolute atomic E-state index is 0.0178. The van der Waals surface area contributed by atoms with Crippen molar-refractivity contribution >= 4 is 11.9 Å². The second-order valence-corrected chi connectivity index (χ2v) is 8.55. The lowest BCUT2D eigenvalue weighted by molar-refractivity contribution is -0.125. The van der Waals surface area contributed by atoms with Crippen molar-refractivity contribution in [2.24, 2.45) is 5.41 Å². The van der Waals surface area contributed by atoms with E-state index in [1.807, 2.05) is 50.2 Å². The monoisotopic (exact) mass is 425 g/mol. The van der Waals surface area contributed by atoms with E-state index in [0.29, 0.717) is 11.5 Å². The van der Waals surface area contributed by atoms with E-state index in [0.717, 1.165) is 18.4 Å². The van der Waals surface area contributed by atoms with Crippen molar-refractivity contribution in [3.8, 4) is 11.5 Å². The Morgan fingerprint density at radius 2 is 1.90 bits per heavy atom. The van der Waals surface area contributed by atoms with Gasteiger partial charge in [-0.15, -0.1) is 0 Å². The van der Waals surface area contributed by atoms with Gasteiger partial charge in [0.05, 0.1) is 18.6 Å². The van der Waals surface area contributed by atoms with Crippen LogP contribution in [-0.4, -0.2) is 48.2 Å². The number of ether oxygens (including phenoxy) is 2. The van der Waals surface area contributed by atoms with Gasteiger partial charge in [0.2, 0.25) is 0 Å². The van der Waals surface area contributed by atoms with Gasteiger partial charge in [-0.3, -0.25) is 4.79 Å². The molecule has 31 heavy (non-hydrogen) atoms. The normalized spacial score (nSPS) is 21.5. The highest BCUT2D eigenvalue weighted by molar-refractivity contribution is 5.85. The topological polar surface area (TPSA) is 76.1 Å². The molecular weight excluding hydrogens is 394 g/mol. The Kier molecular flexibility index (Phi) is 6.88. The van der Waals surface area contributed by atoms with Crippen LogP contribution < -0.4 is 9.47 Å². The maximum atomic E-state index is 12.4. The third kappa shape index (κ3) is 5.01. The SMILES string of the molecule is COc1ccc(C2CN(C(=O)O)CC2(C)C(C)=O)cc1OC(C)CCc1ccccc1. The molecule has 0 bridgehead atoms. The van der Waals surface area contributed by atoms with Crippen LogP contribution in [-0.2, 0) is 11.2 Å². The first-order chi connectivity index (χ1) is 14.7. The molecule has 0 saturated carbocycles. The Labute approximate surface area is 183 Å². The average Bonchev–Trinajstić information content (AvgIpc) is 3.12. The van der Waals surface area contributed by atoms with Gasteiger partial charge >= 0.3 is 6.09 Å². The van der Waals surface area contributed by atoms with E-state index >= 15 is 0 Å². The number of amides is 1. The summed E-state index contributed by atoms with van der Waals surface area (Å²) in [6.45, 7) is 5.87. The summed E-state index contributed by atoms with van der Waals surface area (Å²) in [5, 5.41) is 9.47. The van der Waals surface area contributed by atoms with Gasteiger partial charge in [0, 0.05) is 19.0 Å². The van der Waals surface area contributed by atoms with Gasteiger partial charge in [-0.2, -0.15) is 0 Å². The van der Waals surface area contributed by atoms with Crippen LogP contribution >= 0.6 is 0 Å². The number of ketones is 1. The zero-order valence-corrected chi connectivity index (χ0v) is 18.6. The largest absolute Gasteiger partial charge is 0.493 e. The van der Waals surface area contributed by atoms with Gasteiger partial charge in [-0.05, 0) is 49.9 Å². The van der Waals surface area contributed by atoms with Crippen molar-refractivity contribution < 1.29 is 24.2 Å². The van der Waals surface area contributed by atoms with Gasteiger partial charge in [0.15, 0.2) is 11.5 Å². The average molecular weight is 426 g/mol. The van der Waals surface area contributed by atoms with Crippen LogP contribution in [0, 0.1) is 5.41 Å². The Hall–Kier alpha value is -3.02. The molecule has 0 aromatic heterocycles. The summed E-state index contributed by atoms with van der Waals surface area (Å²) in [4.78, 5) is 25.3. The Morgan fingerprint density at radius 3 is 2.52 bits per heavy atom. The molecule has 3 atom stereocenters. The first kappa shape index (κ1) is 22.7. The van der Waals surface area contributed by atoms with Gasteiger partial charge in [0.1, 0.15) is 5.78 Å². The van der Waals surface area contributed by atoms with Crippen molar-refractivity contribution in [3.63, 3.8) is 0 Å². The molecule has 1 fully saturated rings. The van der Waals surface area contributed by atoms with E-state index in [1.165, 1.54) is 17.4 Å². The number of hydrogen-bond donors (Lipinski definition) is 1. The summed E-state index contributed by atoms with van der Waals surface area (Å²) in [7, 11) is 1.60. The van der Waals surface area contributed by atoms with Crippen molar-refractivity contribution in [3.05, 3.63) is 59.7 Å². The second kappa shape index (κ2) is 9.41. The molecule has 6 nitrogen and oxygen atoms in total. The fourth-order valence-corrected chi connectivity index (χ4v) is 4.26. The van der Waals surface area contributed by atoms with E-state index < -0.39 is 11.5 Å². The summed E-state index contributed by atoms with van der Waals surface area (Å²) in [6.07, 6.45) is 0.707. The molecule has 3 rings (SSSR count). The number of aryl methyl sites for hydroxylation is 1. The number of methoxy groups -OCH3 is 1. The molecule has 0 spiro atoms. The highest BCUT2D eigenvalue weighted by Crippen LogP contribution is 2.45. The third-order valence-corrected chi connectivity index (χ3v) is 6.37. The number of carbonyl (C=O) groups excluding carboxylic acids is 1. The van der Waals surface area contributed by atoms with Crippen molar-refractivity contribution in [1.29, 1.82) is 0 Å². The molecule has 3 unspecified atom stereocenters. The maximum Gasteiger partial charge on any atom is 0.407 e. The summed E-state index contributed by atoms with van der Waals surface area (Å²) >= 11 is 0. The number of nitrogens with zero attached hydrogens (tertiary/aromatic N) is 1. The van der Waals surface area contributed by atoms with E-state index in [4.69, 9.17) is 9.47 Å². The fraction of sp³-hybridized carbons (Fsp3) is 0.440. The molecule has 1 saturated heterocycles. The molecule has 1 N–H and O–H groups in total. The minimum Gasteiger partial charge on any atom is -0.493 e. The number of Topliss-reactive ketones (excluding diaryl/α,β-unsaturated/α-hetero) is 1. The quantitative estimate of drug-likeness (QED) is 0.659. The lowest BCUT2D eigenvalue weighted by Gasteiger charge is -2.28. The summed E-state index contributed by atoms with van der Waals surface area (Å²) in [6, 6.07) is 15.9. The second-order valence-electron chi connectivity index (χ2n) is 8.55. The lowest BCUT2D eigenvalue weighted by Crippen LogP contribution is -2.34. The first-order valence-corrected chi connectivity index (χ1v) is 10.6. The molecule has 166 valence electrons. The van der Waals surface area contributed by atoms with Crippen LogP contribution in [0.4, 0.5) is 4.79 Å². The van der Waals surface area contributed by atoms with Crippen LogP contribution in [0.5, 0.6) is 11.5 Å². The fourth-order valence-electron chi connectivity index (χ4n) is 4.26. The third-order valence-electron chi connectivity index (χ3n) is 6.37. The van der Waals surface area contributed by atoms with Gasteiger partial charge in [-0.25, -0.2) is 4.79 Å². The highest BCUT2D eigenvalue weighted by Gasteiger charge is 2.48. The Balaban J connectivity index is 1.81. The molecule has 1 aliphatic heterocycles. The molecule has 1 aliphatic rings. The molecule has 6 heteroatoms. The number of likely N-dealkylation sites (tertiary alicyclic amines) is 1. The molecule has 2 aromatic carbocycles. The summed E-state index contributed by atoms with van der Waals surface area (Å²) in [5.41, 5.74) is 1.37. The van der Waals surface area contributed by atoms with Crippen LogP contribution in [0.1, 0.15) is 44.2 Å². The van der Waals surface area contributed by atoms with E-state index in [-0.39, 0.29) is 30.9 Å². The van der Waals surface area contributed by atoms with Crippen LogP contribution in [0.3, 0.4) is 0 Å². The molecule has 1 amide bonds. The minimum atomic E-state index is -1.01. The van der Waals surface area contributed by atoms with E-state index in [9.17, 15) is 14.7 Å². The summed E-state index contributed by atoms with van der Waals surface area (Å²) < 4.78 is 11.7. The number of hydrogen-bond acceptors (Lipinski definition) is 4. The predicted molar refractivity (Wildman–Crippen MR) is 119 cm³/mol. The van der Waals surface area contributed by atoms with Gasteiger partial charge in [-0.1, -0.05) is 43.3 Å². The first-order valence-electron chi connectivity index (χ1n) is 10.6. The van der Waals surface area contributed by atoms with Gasteiger partial charge in [0.25, 0.3) is 0 Å². The maximum absolute atomic E-state index is 12.4. The predicted octanol–water partition coefficient (Wildman–Crippen LogP) is 4.77. The molecule has 1 heterocycles. The van der Waals surface area contributed by atoms with Crippen LogP contribution in [0.25, 0.3) is 0 Å². The zero-order valence-electron chi connectivity index (χ0n) is 18.6. The van der Waals surface area contributed by atoms with Gasteiger partial charge < -0.3 is 19.5 Å². The number of benzene rings is 2. The summed E-state index contributed by atoms with van der Waals surface area (Å²) in [5.74, 6) is 0.970.